The predicted molar refractivity (Wildman–Crippen MR) is 219 cm³/mol. The molecule has 6 aromatic rings. The van der Waals surface area contributed by atoms with E-state index >= 15 is 0 Å². The number of nitrogens with two attached hydrogens (primary N) is 1. The highest BCUT2D eigenvalue weighted by molar-refractivity contribution is 8.00. The Bertz CT molecular complexity index is 2290. The zero-order valence-electron chi connectivity index (χ0n) is 29.7. The van der Waals surface area contributed by atoms with Crippen LogP contribution < -0.4 is 25.0 Å². The van der Waals surface area contributed by atoms with Crippen LogP contribution >= 0.6 is 23.9 Å². The molecule has 4 N–H and O–H groups in total. The lowest BCUT2D eigenvalue weighted by Crippen LogP contribution is -2.46. The molecule has 0 saturated carbocycles. The van der Waals surface area contributed by atoms with E-state index < -0.39 is 5.91 Å². The van der Waals surface area contributed by atoms with Gasteiger partial charge in [0.05, 0.1) is 16.2 Å². The van der Waals surface area contributed by atoms with E-state index in [-0.39, 0.29) is 16.4 Å². The highest BCUT2D eigenvalue weighted by Gasteiger charge is 2.26. The van der Waals surface area contributed by atoms with E-state index in [0.717, 1.165) is 81.1 Å². The second-order valence-electron chi connectivity index (χ2n) is 12.8. The van der Waals surface area contributed by atoms with Crippen molar-refractivity contribution in [2.75, 3.05) is 45.4 Å². The molecule has 5 aromatic carbocycles. The lowest BCUT2D eigenvalue weighted by molar-refractivity contribution is -0.384. The summed E-state index contributed by atoms with van der Waals surface area (Å²) in [5.41, 5.74) is 13.8. The number of halogens is 1. The molecule has 1 aliphatic rings. The normalized spacial score (nSPS) is 12.8. The lowest BCUT2D eigenvalue weighted by atomic mass is 9.96. The highest BCUT2D eigenvalue weighted by Crippen LogP contribution is 2.40. The predicted octanol–water partition coefficient (Wildman–Crippen LogP) is 9.38. The molecule has 1 amide bonds. The Hall–Kier alpha value is -5.92. The maximum atomic E-state index is 13.8. The van der Waals surface area contributed by atoms with Crippen molar-refractivity contribution in [3.63, 3.8) is 0 Å². The van der Waals surface area contributed by atoms with E-state index in [1.807, 2.05) is 79.2 Å². The van der Waals surface area contributed by atoms with E-state index in [1.165, 1.54) is 36.0 Å². The molecule has 0 radical (unpaired) electrons. The van der Waals surface area contributed by atoms with E-state index in [0.29, 0.717) is 11.3 Å². The molecule has 0 atom stereocenters. The molecule has 0 aliphatic carbocycles. The minimum absolute atomic E-state index is 0.00627. The smallest absolute Gasteiger partial charge is 0.294 e. The van der Waals surface area contributed by atoms with Gasteiger partial charge in [-0.15, -0.1) is 0 Å². The molecule has 7 rings (SSSR count). The van der Waals surface area contributed by atoms with Crippen molar-refractivity contribution in [2.45, 2.75) is 16.7 Å². The molecule has 1 aromatic heterocycles. The number of benzene rings is 5. The minimum atomic E-state index is -0.505. The number of nitrogens with zero attached hydrogens (tertiary/aromatic N) is 4. The van der Waals surface area contributed by atoms with E-state index in [9.17, 15) is 19.3 Å². The summed E-state index contributed by atoms with van der Waals surface area (Å²) in [5, 5.41) is 11.8. The summed E-state index contributed by atoms with van der Waals surface area (Å²) in [6, 6.07) is 37.4. The van der Waals surface area contributed by atoms with Crippen LogP contribution in [0.25, 0.3) is 22.4 Å². The van der Waals surface area contributed by atoms with Crippen LogP contribution in [-0.2, 0) is 7.05 Å². The van der Waals surface area contributed by atoms with Crippen molar-refractivity contribution < 1.29 is 14.1 Å². The minimum Gasteiger partial charge on any atom is -0.368 e. The van der Waals surface area contributed by atoms with Gasteiger partial charge in [0.1, 0.15) is 11.5 Å². The topological polar surface area (TPSA) is 122 Å². The lowest BCUT2D eigenvalue weighted by Gasteiger charge is -2.37. The maximum Gasteiger partial charge on any atom is 0.294 e. The Morgan fingerprint density at radius 3 is 2.09 bits per heavy atom. The highest BCUT2D eigenvalue weighted by atomic mass is 32.2. The quantitative estimate of drug-likeness (QED) is 0.0637. The third kappa shape index (κ3) is 7.87. The van der Waals surface area contributed by atoms with Gasteiger partial charge in [0.2, 0.25) is 0 Å². The van der Waals surface area contributed by atoms with Gasteiger partial charge in [-0.25, -0.2) is 4.39 Å². The second-order valence-corrected chi connectivity index (χ2v) is 14.6. The number of carbonyl (C=O) groups excluding carboxylic acids is 1. The number of nitro groups is 1. The van der Waals surface area contributed by atoms with Gasteiger partial charge in [-0.1, -0.05) is 30.3 Å². The standard InChI is InChI=1S/C41H38FN7O3S2/c1-27-38(41(43)50)39(40(46(27)2)28-11-13-30(42)14-12-28)29-7-6-8-33(25-29)48-23-21-47(22-24-48)32-17-15-31(16-18-32)44-54-35-19-20-36(37(26-35)49(51)52)45-53-34-9-4-3-5-10-34/h3-20,25-26,44-45H,21-24H2,1-2H3,(H2,43,50). The summed E-state index contributed by atoms with van der Waals surface area (Å²) in [6.45, 7) is 5.10. The third-order valence-corrected chi connectivity index (χ3v) is 11.2. The number of carbonyl (C=O) groups is 1. The first kappa shape index (κ1) is 36.4. The molecule has 274 valence electrons. The van der Waals surface area contributed by atoms with Crippen LogP contribution in [0.5, 0.6) is 0 Å². The second kappa shape index (κ2) is 16.0. The average molecular weight is 760 g/mol. The molecule has 1 fully saturated rings. The van der Waals surface area contributed by atoms with Crippen molar-refractivity contribution in [3.8, 4) is 22.4 Å². The summed E-state index contributed by atoms with van der Waals surface area (Å²) in [4.78, 5) is 30.6. The summed E-state index contributed by atoms with van der Waals surface area (Å²) in [7, 11) is 1.90. The van der Waals surface area contributed by atoms with Gasteiger partial charge >= 0.3 is 0 Å². The molecule has 0 bridgehead atoms. The number of nitrogens with one attached hydrogen (secondary N) is 2. The average Bonchev–Trinajstić information content (AvgIpc) is 3.47. The molecule has 0 spiro atoms. The van der Waals surface area contributed by atoms with Gasteiger partial charge < -0.3 is 29.5 Å². The first-order chi connectivity index (χ1) is 26.2. The molecule has 0 unspecified atom stereocenters. The monoisotopic (exact) mass is 759 g/mol. The van der Waals surface area contributed by atoms with Crippen molar-refractivity contribution in [1.82, 2.24) is 4.57 Å². The number of anilines is 4. The van der Waals surface area contributed by atoms with E-state index in [2.05, 4.69) is 43.5 Å². The van der Waals surface area contributed by atoms with E-state index in [1.54, 1.807) is 24.3 Å². The summed E-state index contributed by atoms with van der Waals surface area (Å²) >= 11 is 2.65. The van der Waals surface area contributed by atoms with Gasteiger partial charge in [-0.05, 0) is 127 Å². The Balaban J connectivity index is 0.991. The first-order valence-electron chi connectivity index (χ1n) is 17.3. The van der Waals surface area contributed by atoms with Crippen molar-refractivity contribution in [3.05, 3.63) is 149 Å². The van der Waals surface area contributed by atoms with Gasteiger partial charge in [0.15, 0.2) is 0 Å². The third-order valence-electron chi connectivity index (χ3n) is 9.54. The fraction of sp³-hybridized carbons (Fsp3) is 0.146. The molecule has 10 nitrogen and oxygen atoms in total. The number of hydrogen-bond acceptors (Lipinski definition) is 9. The number of aromatic nitrogens is 1. The van der Waals surface area contributed by atoms with Crippen LogP contribution in [0.2, 0.25) is 0 Å². The number of piperazine rings is 1. The van der Waals surface area contributed by atoms with Crippen LogP contribution in [0.3, 0.4) is 0 Å². The molecular formula is C41H38FN7O3S2. The Morgan fingerprint density at radius 2 is 1.43 bits per heavy atom. The SMILES string of the molecule is Cc1c(C(N)=O)c(-c2cccc(N3CCN(c4ccc(NSc5ccc(NSc6ccccc6)c([N+](=O)[O-])c5)cc4)CC3)c2)c(-c2ccc(F)cc2)n1C. The molecular weight excluding hydrogens is 722 g/mol. The first-order valence-corrected chi connectivity index (χ1v) is 18.9. The van der Waals surface area contributed by atoms with Gasteiger partial charge in [0.25, 0.3) is 11.6 Å². The van der Waals surface area contributed by atoms with Crippen molar-refractivity contribution in [2.24, 2.45) is 12.8 Å². The molecule has 54 heavy (non-hydrogen) atoms. The Kier molecular flexibility index (Phi) is 10.8. The van der Waals surface area contributed by atoms with Crippen LogP contribution in [0.1, 0.15) is 16.1 Å². The fourth-order valence-electron chi connectivity index (χ4n) is 6.68. The van der Waals surface area contributed by atoms with Crippen molar-refractivity contribution in [1.29, 1.82) is 0 Å². The van der Waals surface area contributed by atoms with Crippen LogP contribution in [0, 0.1) is 22.9 Å². The number of rotatable bonds is 12. The van der Waals surface area contributed by atoms with Crippen LogP contribution in [0.4, 0.5) is 32.8 Å². The van der Waals surface area contributed by atoms with Crippen LogP contribution in [0.15, 0.2) is 131 Å². The maximum absolute atomic E-state index is 13.8. The summed E-state index contributed by atoms with van der Waals surface area (Å²) in [6.07, 6.45) is 0. The van der Waals surface area contributed by atoms with E-state index in [4.69, 9.17) is 5.73 Å². The fourth-order valence-corrected chi connectivity index (χ4v) is 8.06. The zero-order chi connectivity index (χ0) is 37.8. The molecule has 1 aliphatic heterocycles. The summed E-state index contributed by atoms with van der Waals surface area (Å²) < 4.78 is 22.2. The molecule has 13 heteroatoms. The number of hydrogen-bond donors (Lipinski definition) is 3. The zero-order valence-corrected chi connectivity index (χ0v) is 31.3. The van der Waals surface area contributed by atoms with Gasteiger partial charge in [-0.3, -0.25) is 14.9 Å². The molecule has 2 heterocycles. The van der Waals surface area contributed by atoms with Gasteiger partial charge in [-0.2, -0.15) is 0 Å². The number of primary amides is 1. The number of nitro benzene ring substituents is 1. The van der Waals surface area contributed by atoms with Gasteiger partial charge in [0, 0.05) is 77.4 Å². The summed E-state index contributed by atoms with van der Waals surface area (Å²) in [5.74, 6) is -0.830. The Labute approximate surface area is 321 Å². The van der Waals surface area contributed by atoms with Crippen LogP contribution in [-0.4, -0.2) is 41.6 Å². The number of amides is 1. The Morgan fingerprint density at radius 1 is 0.759 bits per heavy atom. The molecule has 1 saturated heterocycles. The van der Waals surface area contributed by atoms with Crippen molar-refractivity contribution >= 4 is 58.2 Å². The largest absolute Gasteiger partial charge is 0.368 e.